The lowest BCUT2D eigenvalue weighted by molar-refractivity contribution is 0.404. The molecule has 3 nitrogen and oxygen atoms in total. The molecular weight excluding hydrogens is 222 g/mol. The van der Waals surface area contributed by atoms with Crippen molar-refractivity contribution in [1.82, 2.24) is 0 Å². The van der Waals surface area contributed by atoms with Crippen LogP contribution in [0.5, 0.6) is 5.75 Å². The molecule has 0 saturated heterocycles. The van der Waals surface area contributed by atoms with E-state index in [0.29, 0.717) is 17.2 Å². The van der Waals surface area contributed by atoms with E-state index < -0.39 is 10.8 Å². The third kappa shape index (κ3) is 3.52. The molecule has 1 aromatic carbocycles. The molecule has 0 heterocycles. The summed E-state index contributed by atoms with van der Waals surface area (Å²) in [5.74, 6) is 1.31. The summed E-state index contributed by atoms with van der Waals surface area (Å²) in [6.07, 6.45) is 3.23. The van der Waals surface area contributed by atoms with Crippen molar-refractivity contribution in [2.75, 3.05) is 18.6 Å². The van der Waals surface area contributed by atoms with Crippen molar-refractivity contribution in [3.63, 3.8) is 0 Å². The molecule has 0 bridgehead atoms. The highest BCUT2D eigenvalue weighted by Gasteiger charge is 2.10. The quantitative estimate of drug-likeness (QED) is 0.615. The molecule has 90 valence electrons. The Bertz CT molecular complexity index is 366. The van der Waals surface area contributed by atoms with Gasteiger partial charge < -0.3 is 10.5 Å². The molecule has 0 saturated carbocycles. The standard InChI is InChI=1S/C12H19NO2S/c1-3-4-5-8-16(14)12-7-6-10(13)9-11(12)15-2/h6-7,9H,3-5,8,13H2,1-2H3. The lowest BCUT2D eigenvalue weighted by Crippen LogP contribution is -2.01. The van der Waals surface area contributed by atoms with Crippen LogP contribution in [0.2, 0.25) is 0 Å². The first-order valence-corrected chi connectivity index (χ1v) is 6.82. The lowest BCUT2D eigenvalue weighted by atomic mass is 10.3. The minimum atomic E-state index is -0.985. The fraction of sp³-hybridized carbons (Fsp3) is 0.500. The third-order valence-electron chi connectivity index (χ3n) is 2.37. The molecule has 0 amide bonds. The minimum absolute atomic E-state index is 0.620. The largest absolute Gasteiger partial charge is 0.495 e. The Hall–Kier alpha value is -1.03. The van der Waals surface area contributed by atoms with E-state index in [0.717, 1.165) is 24.2 Å². The smallest absolute Gasteiger partial charge is 0.137 e. The van der Waals surface area contributed by atoms with Crippen LogP contribution in [0, 0.1) is 0 Å². The van der Waals surface area contributed by atoms with Crippen molar-refractivity contribution in [3.8, 4) is 5.75 Å². The average Bonchev–Trinajstić information content (AvgIpc) is 2.29. The van der Waals surface area contributed by atoms with Crippen LogP contribution in [0.1, 0.15) is 26.2 Å². The Morgan fingerprint density at radius 2 is 2.12 bits per heavy atom. The highest BCUT2D eigenvalue weighted by molar-refractivity contribution is 7.85. The first-order valence-electron chi connectivity index (χ1n) is 5.51. The number of methoxy groups -OCH3 is 1. The number of nitrogens with two attached hydrogens (primary N) is 1. The summed E-state index contributed by atoms with van der Waals surface area (Å²) in [6.45, 7) is 2.13. The van der Waals surface area contributed by atoms with E-state index in [2.05, 4.69) is 6.92 Å². The zero-order valence-corrected chi connectivity index (χ0v) is 10.7. The zero-order valence-electron chi connectivity index (χ0n) is 9.86. The number of benzene rings is 1. The van der Waals surface area contributed by atoms with Crippen LogP contribution in [0.15, 0.2) is 23.1 Å². The van der Waals surface area contributed by atoms with Gasteiger partial charge in [0.15, 0.2) is 0 Å². The summed E-state index contributed by atoms with van der Waals surface area (Å²) in [5.41, 5.74) is 6.28. The number of unbranched alkanes of at least 4 members (excludes halogenated alkanes) is 2. The predicted molar refractivity (Wildman–Crippen MR) is 68.2 cm³/mol. The molecular formula is C12H19NO2S. The van der Waals surface area contributed by atoms with Gasteiger partial charge in [-0.15, -0.1) is 0 Å². The van der Waals surface area contributed by atoms with Crippen molar-refractivity contribution in [2.24, 2.45) is 0 Å². The maximum absolute atomic E-state index is 12.0. The third-order valence-corrected chi connectivity index (χ3v) is 3.85. The summed E-state index contributed by atoms with van der Waals surface area (Å²) in [5, 5.41) is 0. The Balaban J connectivity index is 2.74. The SMILES string of the molecule is CCCCCS(=O)c1ccc(N)cc1OC. The minimum Gasteiger partial charge on any atom is -0.495 e. The van der Waals surface area contributed by atoms with Gasteiger partial charge in [0.25, 0.3) is 0 Å². The van der Waals surface area contributed by atoms with Crippen LogP contribution in [0.3, 0.4) is 0 Å². The number of hydrogen-bond donors (Lipinski definition) is 1. The van der Waals surface area contributed by atoms with E-state index in [1.54, 1.807) is 25.3 Å². The van der Waals surface area contributed by atoms with Crippen molar-refractivity contribution >= 4 is 16.5 Å². The van der Waals surface area contributed by atoms with Crippen LogP contribution in [0.4, 0.5) is 5.69 Å². The van der Waals surface area contributed by atoms with Crippen molar-refractivity contribution in [1.29, 1.82) is 0 Å². The van der Waals surface area contributed by atoms with Crippen LogP contribution < -0.4 is 10.5 Å². The van der Waals surface area contributed by atoms with Gasteiger partial charge in [0, 0.05) is 17.5 Å². The van der Waals surface area contributed by atoms with Gasteiger partial charge in [-0.1, -0.05) is 19.8 Å². The Labute approximate surface area is 99.4 Å². The molecule has 0 aliphatic rings. The van der Waals surface area contributed by atoms with E-state index in [4.69, 9.17) is 10.5 Å². The second-order valence-electron chi connectivity index (χ2n) is 3.67. The molecule has 1 rings (SSSR count). The van der Waals surface area contributed by atoms with E-state index in [1.165, 1.54) is 0 Å². The number of hydrogen-bond acceptors (Lipinski definition) is 3. The van der Waals surface area contributed by atoms with E-state index in [-0.39, 0.29) is 0 Å². The first kappa shape index (κ1) is 13.0. The molecule has 0 fully saturated rings. The molecule has 16 heavy (non-hydrogen) atoms. The normalized spacial score (nSPS) is 12.4. The molecule has 1 aromatic rings. The van der Waals surface area contributed by atoms with Gasteiger partial charge in [0.1, 0.15) is 5.75 Å². The molecule has 1 unspecified atom stereocenters. The van der Waals surface area contributed by atoms with Gasteiger partial charge in [0.2, 0.25) is 0 Å². The lowest BCUT2D eigenvalue weighted by Gasteiger charge is -2.08. The van der Waals surface area contributed by atoms with Crippen molar-refractivity contribution in [3.05, 3.63) is 18.2 Å². The molecule has 0 spiro atoms. The number of ether oxygens (including phenoxy) is 1. The predicted octanol–water partition coefficient (Wildman–Crippen LogP) is 2.58. The highest BCUT2D eigenvalue weighted by Crippen LogP contribution is 2.25. The zero-order chi connectivity index (χ0) is 12.0. The number of nitrogen functional groups attached to an aromatic ring is 1. The van der Waals surface area contributed by atoms with Crippen molar-refractivity contribution < 1.29 is 8.95 Å². The number of rotatable bonds is 6. The van der Waals surface area contributed by atoms with Gasteiger partial charge >= 0.3 is 0 Å². The van der Waals surface area contributed by atoms with Crippen LogP contribution in [-0.2, 0) is 10.8 Å². The van der Waals surface area contributed by atoms with Crippen molar-refractivity contribution in [2.45, 2.75) is 31.1 Å². The van der Waals surface area contributed by atoms with Gasteiger partial charge in [-0.2, -0.15) is 0 Å². The monoisotopic (exact) mass is 241 g/mol. The molecule has 0 radical (unpaired) electrons. The average molecular weight is 241 g/mol. The van der Waals surface area contributed by atoms with Gasteiger partial charge in [0.05, 0.1) is 22.8 Å². The fourth-order valence-electron chi connectivity index (χ4n) is 1.47. The second-order valence-corrected chi connectivity index (χ2v) is 5.21. The molecule has 0 aromatic heterocycles. The summed E-state index contributed by atoms with van der Waals surface area (Å²) >= 11 is 0. The Morgan fingerprint density at radius 1 is 1.38 bits per heavy atom. The molecule has 1 atom stereocenters. The van der Waals surface area contributed by atoms with Crippen LogP contribution in [0.25, 0.3) is 0 Å². The topological polar surface area (TPSA) is 52.3 Å². The fourth-order valence-corrected chi connectivity index (χ4v) is 2.74. The maximum Gasteiger partial charge on any atom is 0.137 e. The number of anilines is 1. The Kier molecular flexibility index (Phi) is 5.32. The van der Waals surface area contributed by atoms with Gasteiger partial charge in [-0.05, 0) is 18.6 Å². The van der Waals surface area contributed by atoms with E-state index in [9.17, 15) is 4.21 Å². The molecule has 2 N–H and O–H groups in total. The highest BCUT2D eigenvalue weighted by atomic mass is 32.2. The Morgan fingerprint density at radius 3 is 2.75 bits per heavy atom. The van der Waals surface area contributed by atoms with Crippen LogP contribution in [-0.4, -0.2) is 17.1 Å². The second kappa shape index (κ2) is 6.53. The maximum atomic E-state index is 12.0. The molecule has 4 heteroatoms. The molecule has 0 aliphatic heterocycles. The van der Waals surface area contributed by atoms with Crippen LogP contribution >= 0.6 is 0 Å². The summed E-state index contributed by atoms with van der Waals surface area (Å²) in [6, 6.07) is 5.26. The van der Waals surface area contributed by atoms with E-state index in [1.807, 2.05) is 0 Å². The molecule has 0 aliphatic carbocycles. The van der Waals surface area contributed by atoms with E-state index >= 15 is 0 Å². The summed E-state index contributed by atoms with van der Waals surface area (Å²) in [7, 11) is 0.586. The van der Waals surface area contributed by atoms with Gasteiger partial charge in [-0.25, -0.2) is 0 Å². The summed E-state index contributed by atoms with van der Waals surface area (Å²) < 4.78 is 17.2. The first-order chi connectivity index (χ1) is 7.69. The summed E-state index contributed by atoms with van der Waals surface area (Å²) in [4.78, 5) is 0.743. The van der Waals surface area contributed by atoms with Gasteiger partial charge in [-0.3, -0.25) is 4.21 Å².